The molecule has 0 aromatic carbocycles. The fourth-order valence-corrected chi connectivity index (χ4v) is 2.88. The second-order valence-corrected chi connectivity index (χ2v) is 6.68. The Kier molecular flexibility index (Phi) is 4.78. The minimum absolute atomic E-state index is 0.260. The summed E-state index contributed by atoms with van der Waals surface area (Å²) in [5.41, 5.74) is 8.57. The lowest BCUT2D eigenvalue weighted by molar-refractivity contribution is 0.0433. The van der Waals surface area contributed by atoms with E-state index >= 15 is 0 Å². The zero-order valence-corrected chi connectivity index (χ0v) is 13.3. The molecule has 0 aliphatic carbocycles. The number of piperazine rings is 1. The summed E-state index contributed by atoms with van der Waals surface area (Å²) in [7, 11) is 0. The van der Waals surface area contributed by atoms with Crippen molar-refractivity contribution >= 4 is 0 Å². The highest BCUT2D eigenvalue weighted by Gasteiger charge is 2.29. The smallest absolute Gasteiger partial charge is 0.0486 e. The van der Waals surface area contributed by atoms with Crippen molar-refractivity contribution in [3.63, 3.8) is 0 Å². The Bertz CT molecular complexity index is 413. The summed E-state index contributed by atoms with van der Waals surface area (Å²) in [6, 6.07) is 4.53. The van der Waals surface area contributed by atoms with Crippen molar-refractivity contribution in [3.8, 4) is 0 Å². The summed E-state index contributed by atoms with van der Waals surface area (Å²) in [4.78, 5) is 9.45. The van der Waals surface area contributed by atoms with E-state index in [0.717, 1.165) is 31.9 Å². The third-order valence-electron chi connectivity index (χ3n) is 4.25. The fourth-order valence-electron chi connectivity index (χ4n) is 2.88. The number of rotatable bonds is 3. The third-order valence-corrected chi connectivity index (χ3v) is 4.25. The van der Waals surface area contributed by atoms with Crippen molar-refractivity contribution in [2.45, 2.75) is 39.3 Å². The minimum Gasteiger partial charge on any atom is -0.329 e. The Morgan fingerprint density at radius 1 is 1.20 bits per heavy atom. The topological polar surface area (TPSA) is 45.4 Å². The molecule has 4 nitrogen and oxygen atoms in total. The molecule has 1 unspecified atom stereocenters. The van der Waals surface area contributed by atoms with Crippen molar-refractivity contribution in [2.75, 3.05) is 32.7 Å². The van der Waals surface area contributed by atoms with Gasteiger partial charge in [-0.3, -0.25) is 14.8 Å². The van der Waals surface area contributed by atoms with Gasteiger partial charge in [0.25, 0.3) is 0 Å². The highest BCUT2D eigenvalue weighted by atomic mass is 15.3. The molecule has 2 rings (SSSR count). The second kappa shape index (κ2) is 6.20. The van der Waals surface area contributed by atoms with Gasteiger partial charge in [0.2, 0.25) is 0 Å². The molecule has 0 amide bonds. The van der Waals surface area contributed by atoms with E-state index in [1.54, 1.807) is 0 Å². The maximum atomic E-state index is 6.01. The number of hydrogen-bond acceptors (Lipinski definition) is 4. The van der Waals surface area contributed by atoms with E-state index in [2.05, 4.69) is 47.7 Å². The Balaban J connectivity index is 2.02. The van der Waals surface area contributed by atoms with Crippen molar-refractivity contribution in [3.05, 3.63) is 29.6 Å². The van der Waals surface area contributed by atoms with Gasteiger partial charge in [0, 0.05) is 56.2 Å². The van der Waals surface area contributed by atoms with Crippen molar-refractivity contribution in [1.82, 2.24) is 14.8 Å². The maximum absolute atomic E-state index is 6.01. The van der Waals surface area contributed by atoms with Gasteiger partial charge in [-0.1, -0.05) is 6.07 Å². The Morgan fingerprint density at radius 2 is 1.85 bits per heavy atom. The molecule has 1 aromatic rings. The molecule has 0 spiro atoms. The molecule has 1 aliphatic heterocycles. The average Bonchev–Trinajstić information content (AvgIpc) is 2.41. The molecule has 1 aliphatic rings. The standard InChI is InChI=1S/C16H28N4/c1-13-5-6-14(12-18-13)15(11-17)19-7-9-20(10-8-19)16(2,3)4/h5-6,12,15H,7-11,17H2,1-4H3. The van der Waals surface area contributed by atoms with Crippen LogP contribution in [0.3, 0.4) is 0 Å². The van der Waals surface area contributed by atoms with Gasteiger partial charge in [0.05, 0.1) is 0 Å². The molecule has 20 heavy (non-hydrogen) atoms. The number of aryl methyl sites for hydroxylation is 1. The lowest BCUT2D eigenvalue weighted by Crippen LogP contribution is -2.54. The van der Waals surface area contributed by atoms with Crippen molar-refractivity contribution in [1.29, 1.82) is 0 Å². The van der Waals surface area contributed by atoms with Crippen LogP contribution in [-0.4, -0.2) is 53.0 Å². The predicted molar refractivity (Wildman–Crippen MR) is 83.7 cm³/mol. The van der Waals surface area contributed by atoms with E-state index < -0.39 is 0 Å². The summed E-state index contributed by atoms with van der Waals surface area (Å²) < 4.78 is 0. The van der Waals surface area contributed by atoms with Crippen LogP contribution in [0.25, 0.3) is 0 Å². The molecule has 4 heteroatoms. The quantitative estimate of drug-likeness (QED) is 0.914. The highest BCUT2D eigenvalue weighted by molar-refractivity contribution is 5.18. The van der Waals surface area contributed by atoms with Crippen LogP contribution >= 0.6 is 0 Å². The lowest BCUT2D eigenvalue weighted by Gasteiger charge is -2.44. The van der Waals surface area contributed by atoms with Crippen LogP contribution in [0.2, 0.25) is 0 Å². The SMILES string of the molecule is Cc1ccc(C(CN)N2CCN(C(C)(C)C)CC2)cn1. The first-order chi connectivity index (χ1) is 9.41. The molecule has 0 saturated carbocycles. The largest absolute Gasteiger partial charge is 0.329 e. The Morgan fingerprint density at radius 3 is 2.30 bits per heavy atom. The van der Waals surface area contributed by atoms with E-state index in [9.17, 15) is 0 Å². The second-order valence-electron chi connectivity index (χ2n) is 6.68. The Labute approximate surface area is 123 Å². The Hall–Kier alpha value is -0.970. The van der Waals surface area contributed by atoms with Gasteiger partial charge in [-0.15, -0.1) is 0 Å². The zero-order valence-electron chi connectivity index (χ0n) is 13.3. The first-order valence-corrected chi connectivity index (χ1v) is 7.53. The van der Waals surface area contributed by atoms with Crippen molar-refractivity contribution < 1.29 is 0 Å². The first kappa shape index (κ1) is 15.4. The number of pyridine rings is 1. The molecule has 2 heterocycles. The predicted octanol–water partition coefficient (Wildman–Crippen LogP) is 1.81. The monoisotopic (exact) mass is 276 g/mol. The summed E-state index contributed by atoms with van der Waals surface area (Å²) in [5.74, 6) is 0. The molecular weight excluding hydrogens is 248 g/mol. The minimum atomic E-state index is 0.260. The van der Waals surface area contributed by atoms with Crippen LogP contribution in [0.4, 0.5) is 0 Å². The van der Waals surface area contributed by atoms with Crippen LogP contribution in [0.5, 0.6) is 0 Å². The normalized spacial score (nSPS) is 20.1. The maximum Gasteiger partial charge on any atom is 0.0486 e. The summed E-state index contributed by atoms with van der Waals surface area (Å²) in [6.45, 7) is 13.9. The number of nitrogens with two attached hydrogens (primary N) is 1. The number of nitrogens with zero attached hydrogens (tertiary/aromatic N) is 3. The van der Waals surface area contributed by atoms with Gasteiger partial charge in [0.15, 0.2) is 0 Å². The molecule has 1 aromatic heterocycles. The lowest BCUT2D eigenvalue weighted by atomic mass is 10.0. The first-order valence-electron chi connectivity index (χ1n) is 7.53. The number of aromatic nitrogens is 1. The van der Waals surface area contributed by atoms with Crippen LogP contribution in [0, 0.1) is 6.92 Å². The summed E-state index contributed by atoms with van der Waals surface area (Å²) in [6.07, 6.45) is 1.98. The van der Waals surface area contributed by atoms with Gasteiger partial charge in [-0.05, 0) is 39.3 Å². The molecular formula is C16H28N4. The van der Waals surface area contributed by atoms with Gasteiger partial charge in [-0.2, -0.15) is 0 Å². The van der Waals surface area contributed by atoms with E-state index in [-0.39, 0.29) is 5.54 Å². The van der Waals surface area contributed by atoms with E-state index in [1.807, 2.05) is 13.1 Å². The fraction of sp³-hybridized carbons (Fsp3) is 0.688. The molecule has 2 N–H and O–H groups in total. The third kappa shape index (κ3) is 3.57. The van der Waals surface area contributed by atoms with Gasteiger partial charge in [-0.25, -0.2) is 0 Å². The average molecular weight is 276 g/mol. The molecule has 112 valence electrons. The van der Waals surface area contributed by atoms with Gasteiger partial charge < -0.3 is 5.73 Å². The van der Waals surface area contributed by atoms with Gasteiger partial charge >= 0.3 is 0 Å². The highest BCUT2D eigenvalue weighted by Crippen LogP contribution is 2.23. The molecule has 1 saturated heterocycles. The van der Waals surface area contributed by atoms with E-state index in [4.69, 9.17) is 5.73 Å². The van der Waals surface area contributed by atoms with Crippen LogP contribution < -0.4 is 5.73 Å². The summed E-state index contributed by atoms with van der Waals surface area (Å²) in [5, 5.41) is 0. The molecule has 0 bridgehead atoms. The van der Waals surface area contributed by atoms with Crippen LogP contribution in [-0.2, 0) is 0 Å². The van der Waals surface area contributed by atoms with E-state index in [0.29, 0.717) is 12.6 Å². The summed E-state index contributed by atoms with van der Waals surface area (Å²) >= 11 is 0. The number of hydrogen-bond donors (Lipinski definition) is 1. The molecule has 1 fully saturated rings. The van der Waals surface area contributed by atoms with E-state index in [1.165, 1.54) is 5.56 Å². The zero-order chi connectivity index (χ0) is 14.8. The molecule has 0 radical (unpaired) electrons. The molecule has 1 atom stereocenters. The van der Waals surface area contributed by atoms with Crippen LogP contribution in [0.15, 0.2) is 18.3 Å². The van der Waals surface area contributed by atoms with Gasteiger partial charge in [0.1, 0.15) is 0 Å². The van der Waals surface area contributed by atoms with Crippen LogP contribution in [0.1, 0.15) is 38.1 Å². The van der Waals surface area contributed by atoms with Crippen molar-refractivity contribution in [2.24, 2.45) is 5.73 Å².